The molecule has 0 spiro atoms. The molecule has 90 valence electrons. The lowest BCUT2D eigenvalue weighted by Crippen LogP contribution is -2.12. The lowest BCUT2D eigenvalue weighted by atomic mass is 10.1. The molecule has 1 aromatic heterocycles. The van der Waals surface area contributed by atoms with Crippen molar-refractivity contribution in [2.75, 3.05) is 19.8 Å². The molecule has 1 aromatic rings. The molecular weight excluding hydrogens is 204 g/mol. The second-order valence-electron chi connectivity index (χ2n) is 4.44. The summed E-state index contributed by atoms with van der Waals surface area (Å²) < 4.78 is 7.50. The summed E-state index contributed by atoms with van der Waals surface area (Å²) in [6.07, 6.45) is 2.79. The third kappa shape index (κ3) is 2.13. The summed E-state index contributed by atoms with van der Waals surface area (Å²) in [7, 11) is 0. The number of hydrogen-bond acceptors (Lipinski definition) is 3. The van der Waals surface area contributed by atoms with Crippen LogP contribution in [0.5, 0.6) is 0 Å². The summed E-state index contributed by atoms with van der Waals surface area (Å²) in [4.78, 5) is 0. The summed E-state index contributed by atoms with van der Waals surface area (Å²) in [6, 6.07) is 0.404. The van der Waals surface area contributed by atoms with E-state index in [0.29, 0.717) is 6.04 Å². The van der Waals surface area contributed by atoms with Gasteiger partial charge in [-0.05, 0) is 38.7 Å². The van der Waals surface area contributed by atoms with E-state index in [2.05, 4.69) is 16.7 Å². The molecule has 0 bridgehead atoms. The molecule has 16 heavy (non-hydrogen) atoms. The topological polar surface area (TPSA) is 47.3 Å². The van der Waals surface area contributed by atoms with Crippen molar-refractivity contribution in [1.82, 2.24) is 9.78 Å². The van der Waals surface area contributed by atoms with Gasteiger partial charge in [-0.3, -0.25) is 4.68 Å². The standard InChI is InChI=1S/C12H20N2O2/c1-9-12(4-3-6-15)10(2)14(13-9)11-5-7-16-8-11/h11,15H,3-8H2,1-2H3. The Kier molecular flexibility index (Phi) is 3.61. The summed E-state index contributed by atoms with van der Waals surface area (Å²) in [5.41, 5.74) is 3.63. The minimum absolute atomic E-state index is 0.247. The molecule has 0 aromatic carbocycles. The fourth-order valence-electron chi connectivity index (χ4n) is 2.39. The van der Waals surface area contributed by atoms with Gasteiger partial charge in [0.05, 0.1) is 18.3 Å². The molecule has 4 nitrogen and oxygen atoms in total. The maximum Gasteiger partial charge on any atom is 0.0777 e. The molecule has 1 fully saturated rings. The van der Waals surface area contributed by atoms with Gasteiger partial charge >= 0.3 is 0 Å². The van der Waals surface area contributed by atoms with Crippen LogP contribution in [0.3, 0.4) is 0 Å². The normalized spacial score (nSPS) is 20.6. The van der Waals surface area contributed by atoms with Gasteiger partial charge in [-0.15, -0.1) is 0 Å². The Labute approximate surface area is 96.2 Å². The maximum atomic E-state index is 8.88. The zero-order valence-corrected chi connectivity index (χ0v) is 10.1. The number of hydrogen-bond donors (Lipinski definition) is 1. The summed E-state index contributed by atoms with van der Waals surface area (Å²) in [5, 5.41) is 13.5. The molecule has 1 saturated heterocycles. The van der Waals surface area contributed by atoms with Crippen molar-refractivity contribution in [2.45, 2.75) is 39.2 Å². The van der Waals surface area contributed by atoms with Gasteiger partial charge in [-0.2, -0.15) is 5.10 Å². The van der Waals surface area contributed by atoms with Gasteiger partial charge in [0.15, 0.2) is 0 Å². The van der Waals surface area contributed by atoms with Crippen LogP contribution in [-0.2, 0) is 11.2 Å². The molecule has 1 N–H and O–H groups in total. The predicted molar refractivity (Wildman–Crippen MR) is 61.6 cm³/mol. The van der Waals surface area contributed by atoms with Crippen LogP contribution in [0.25, 0.3) is 0 Å². The minimum Gasteiger partial charge on any atom is -0.396 e. The molecule has 1 aliphatic rings. The lowest BCUT2D eigenvalue weighted by molar-refractivity contribution is 0.184. The second-order valence-corrected chi connectivity index (χ2v) is 4.44. The fourth-order valence-corrected chi connectivity index (χ4v) is 2.39. The van der Waals surface area contributed by atoms with E-state index in [1.807, 2.05) is 6.92 Å². The van der Waals surface area contributed by atoms with Crippen molar-refractivity contribution in [2.24, 2.45) is 0 Å². The number of nitrogens with zero attached hydrogens (tertiary/aromatic N) is 2. The Morgan fingerprint density at radius 3 is 2.94 bits per heavy atom. The number of aryl methyl sites for hydroxylation is 1. The number of aromatic nitrogens is 2. The Balaban J connectivity index is 2.19. The Morgan fingerprint density at radius 2 is 2.31 bits per heavy atom. The van der Waals surface area contributed by atoms with E-state index in [-0.39, 0.29) is 6.61 Å². The summed E-state index contributed by atoms with van der Waals surface area (Å²) >= 11 is 0. The number of aliphatic hydroxyl groups is 1. The van der Waals surface area contributed by atoms with Gasteiger partial charge in [0, 0.05) is 18.9 Å². The average molecular weight is 224 g/mol. The lowest BCUT2D eigenvalue weighted by Gasteiger charge is -2.11. The van der Waals surface area contributed by atoms with E-state index < -0.39 is 0 Å². The quantitative estimate of drug-likeness (QED) is 0.840. The molecule has 0 aliphatic carbocycles. The number of ether oxygens (including phenoxy) is 1. The van der Waals surface area contributed by atoms with E-state index in [4.69, 9.17) is 9.84 Å². The highest BCUT2D eigenvalue weighted by Gasteiger charge is 2.22. The van der Waals surface area contributed by atoms with Crippen molar-refractivity contribution in [3.05, 3.63) is 17.0 Å². The minimum atomic E-state index is 0.247. The third-order valence-corrected chi connectivity index (χ3v) is 3.31. The van der Waals surface area contributed by atoms with Crippen molar-refractivity contribution in [3.8, 4) is 0 Å². The van der Waals surface area contributed by atoms with E-state index >= 15 is 0 Å². The van der Waals surface area contributed by atoms with Gasteiger partial charge in [0.25, 0.3) is 0 Å². The molecule has 2 heterocycles. The summed E-state index contributed by atoms with van der Waals surface area (Å²) in [5.74, 6) is 0. The van der Waals surface area contributed by atoms with E-state index in [0.717, 1.165) is 38.2 Å². The average Bonchev–Trinajstić information content (AvgIpc) is 2.86. The number of aliphatic hydroxyl groups excluding tert-OH is 1. The molecule has 4 heteroatoms. The van der Waals surface area contributed by atoms with E-state index in [1.54, 1.807) is 0 Å². The monoisotopic (exact) mass is 224 g/mol. The van der Waals surface area contributed by atoms with Gasteiger partial charge < -0.3 is 9.84 Å². The predicted octanol–water partition coefficient (Wildman–Crippen LogP) is 1.39. The Bertz CT molecular complexity index is 354. The van der Waals surface area contributed by atoms with Gasteiger partial charge in [0.1, 0.15) is 0 Å². The van der Waals surface area contributed by atoms with Crippen LogP contribution in [0.1, 0.15) is 35.8 Å². The second kappa shape index (κ2) is 4.97. The van der Waals surface area contributed by atoms with E-state index in [1.165, 1.54) is 11.3 Å². The van der Waals surface area contributed by atoms with Crippen LogP contribution in [0.4, 0.5) is 0 Å². The highest BCUT2D eigenvalue weighted by atomic mass is 16.5. The first-order valence-electron chi connectivity index (χ1n) is 5.97. The fraction of sp³-hybridized carbons (Fsp3) is 0.750. The van der Waals surface area contributed by atoms with Crippen LogP contribution >= 0.6 is 0 Å². The van der Waals surface area contributed by atoms with Crippen LogP contribution in [0.2, 0.25) is 0 Å². The largest absolute Gasteiger partial charge is 0.396 e. The molecule has 1 atom stereocenters. The van der Waals surface area contributed by atoms with E-state index in [9.17, 15) is 0 Å². The summed E-state index contributed by atoms with van der Waals surface area (Å²) in [6.45, 7) is 6.03. The number of rotatable bonds is 4. The molecule has 0 amide bonds. The van der Waals surface area contributed by atoms with Crippen LogP contribution in [0, 0.1) is 13.8 Å². The van der Waals surface area contributed by atoms with Crippen molar-refractivity contribution >= 4 is 0 Å². The van der Waals surface area contributed by atoms with Gasteiger partial charge in [-0.25, -0.2) is 0 Å². The van der Waals surface area contributed by atoms with Crippen molar-refractivity contribution < 1.29 is 9.84 Å². The highest BCUT2D eigenvalue weighted by Crippen LogP contribution is 2.24. The molecule has 1 aliphatic heterocycles. The highest BCUT2D eigenvalue weighted by molar-refractivity contribution is 5.25. The van der Waals surface area contributed by atoms with Crippen molar-refractivity contribution in [3.63, 3.8) is 0 Å². The molecule has 1 unspecified atom stereocenters. The zero-order valence-electron chi connectivity index (χ0n) is 10.1. The smallest absolute Gasteiger partial charge is 0.0777 e. The first-order chi connectivity index (χ1) is 7.74. The van der Waals surface area contributed by atoms with Crippen LogP contribution < -0.4 is 0 Å². The maximum absolute atomic E-state index is 8.88. The molecule has 2 rings (SSSR count). The van der Waals surface area contributed by atoms with Crippen LogP contribution in [-0.4, -0.2) is 34.7 Å². The molecule has 0 radical (unpaired) electrons. The third-order valence-electron chi connectivity index (χ3n) is 3.31. The SMILES string of the molecule is Cc1nn(C2CCOC2)c(C)c1CCCO. The zero-order chi connectivity index (χ0) is 11.5. The van der Waals surface area contributed by atoms with Crippen molar-refractivity contribution in [1.29, 1.82) is 0 Å². The van der Waals surface area contributed by atoms with Gasteiger partial charge in [0.2, 0.25) is 0 Å². The van der Waals surface area contributed by atoms with Crippen LogP contribution in [0.15, 0.2) is 0 Å². The molecule has 0 saturated carbocycles. The Morgan fingerprint density at radius 1 is 1.50 bits per heavy atom. The Hall–Kier alpha value is -0.870. The van der Waals surface area contributed by atoms with Gasteiger partial charge in [-0.1, -0.05) is 0 Å². The first-order valence-corrected chi connectivity index (χ1v) is 5.97. The molecular formula is C12H20N2O2. The first kappa shape index (κ1) is 11.6.